The summed E-state index contributed by atoms with van der Waals surface area (Å²) in [5.41, 5.74) is 0.308. The topological polar surface area (TPSA) is 140 Å². The van der Waals surface area contributed by atoms with Crippen molar-refractivity contribution in [3.63, 3.8) is 0 Å². The second-order valence-electron chi connectivity index (χ2n) is 9.66. The zero-order valence-corrected chi connectivity index (χ0v) is 21.5. The monoisotopic (exact) mass is 570 g/mol. The number of H-pyrrole nitrogens is 1. The van der Waals surface area contributed by atoms with Gasteiger partial charge in [-0.15, -0.1) is 0 Å². The van der Waals surface area contributed by atoms with Gasteiger partial charge in [-0.2, -0.15) is 13.2 Å². The highest BCUT2D eigenvalue weighted by Gasteiger charge is 2.40. The maximum atomic E-state index is 13.6. The van der Waals surface area contributed by atoms with Crippen molar-refractivity contribution >= 4 is 29.3 Å². The van der Waals surface area contributed by atoms with E-state index in [2.05, 4.69) is 15.3 Å². The first-order chi connectivity index (χ1) is 19.5. The number of hydrogen-bond donors (Lipinski definition) is 3. The first-order valence-electron chi connectivity index (χ1n) is 12.7. The SMILES string of the molecule is O=C(O)c1cn(C2CCN(C(=O)N[C@@H]3N=C(c4ccccc4)c4ccccc4N(CC(F)(F)F)C3=O)CC2)c(=O)[nH]1. The van der Waals surface area contributed by atoms with Crippen LogP contribution >= 0.6 is 0 Å². The van der Waals surface area contributed by atoms with Crippen molar-refractivity contribution in [1.82, 2.24) is 19.8 Å². The molecule has 3 aromatic rings. The van der Waals surface area contributed by atoms with E-state index >= 15 is 0 Å². The molecule has 14 heteroatoms. The van der Waals surface area contributed by atoms with E-state index in [1.165, 1.54) is 27.8 Å². The van der Waals surface area contributed by atoms with Crippen molar-refractivity contribution in [2.45, 2.75) is 31.2 Å². The number of carbonyl (C=O) groups excluding carboxylic acids is 2. The summed E-state index contributed by atoms with van der Waals surface area (Å²) in [4.78, 5) is 58.8. The van der Waals surface area contributed by atoms with E-state index in [-0.39, 0.29) is 36.2 Å². The molecule has 214 valence electrons. The number of aromatic amines is 1. The molecule has 0 aliphatic carbocycles. The zero-order valence-electron chi connectivity index (χ0n) is 21.5. The third kappa shape index (κ3) is 5.85. The third-order valence-electron chi connectivity index (χ3n) is 6.97. The van der Waals surface area contributed by atoms with Crippen molar-refractivity contribution in [3.05, 3.63) is 88.1 Å². The van der Waals surface area contributed by atoms with Crippen LogP contribution in [0.2, 0.25) is 0 Å². The van der Waals surface area contributed by atoms with E-state index in [9.17, 15) is 32.3 Å². The molecule has 1 aromatic heterocycles. The Morgan fingerprint density at radius 2 is 1.68 bits per heavy atom. The molecule has 11 nitrogen and oxygen atoms in total. The van der Waals surface area contributed by atoms with Crippen LogP contribution < -0.4 is 15.9 Å². The molecule has 3 N–H and O–H groups in total. The van der Waals surface area contributed by atoms with Gasteiger partial charge in [0.25, 0.3) is 5.91 Å². The average molecular weight is 571 g/mol. The number of aromatic nitrogens is 2. The molecule has 0 radical (unpaired) electrons. The van der Waals surface area contributed by atoms with Gasteiger partial charge in [0.2, 0.25) is 6.17 Å². The van der Waals surface area contributed by atoms with E-state index in [1.54, 1.807) is 42.5 Å². The number of fused-ring (bicyclic) bond motifs is 1. The number of carboxylic acids is 1. The van der Waals surface area contributed by atoms with E-state index in [0.717, 1.165) is 0 Å². The van der Waals surface area contributed by atoms with Gasteiger partial charge in [0, 0.05) is 36.5 Å². The first-order valence-corrected chi connectivity index (χ1v) is 12.7. The van der Waals surface area contributed by atoms with Crippen LogP contribution in [0.15, 0.2) is 70.6 Å². The maximum Gasteiger partial charge on any atom is 0.406 e. The van der Waals surface area contributed by atoms with E-state index < -0.39 is 42.5 Å². The van der Waals surface area contributed by atoms with Gasteiger partial charge >= 0.3 is 23.9 Å². The van der Waals surface area contributed by atoms with Gasteiger partial charge in [-0.05, 0) is 18.9 Å². The fourth-order valence-corrected chi connectivity index (χ4v) is 5.04. The molecule has 0 unspecified atom stereocenters. The second kappa shape index (κ2) is 10.9. The minimum absolute atomic E-state index is 0.0210. The van der Waals surface area contributed by atoms with Crippen LogP contribution in [0.1, 0.15) is 40.5 Å². The number of likely N-dealkylation sites (tertiary alicyclic amines) is 1. The number of hydrogen-bond acceptors (Lipinski definition) is 5. The van der Waals surface area contributed by atoms with Crippen LogP contribution in [-0.2, 0) is 4.79 Å². The van der Waals surface area contributed by atoms with Crippen molar-refractivity contribution in [2.75, 3.05) is 24.5 Å². The Morgan fingerprint density at radius 1 is 1.02 bits per heavy atom. The highest BCUT2D eigenvalue weighted by molar-refractivity contribution is 6.20. The van der Waals surface area contributed by atoms with Crippen LogP contribution in [0.4, 0.5) is 23.7 Å². The second-order valence-corrected chi connectivity index (χ2v) is 9.66. The maximum absolute atomic E-state index is 13.6. The average Bonchev–Trinajstić information content (AvgIpc) is 3.31. The molecule has 1 atom stereocenters. The van der Waals surface area contributed by atoms with E-state index in [1.807, 2.05) is 0 Å². The summed E-state index contributed by atoms with van der Waals surface area (Å²) in [5.74, 6) is -2.31. The summed E-state index contributed by atoms with van der Waals surface area (Å²) < 4.78 is 42.1. The molecule has 41 heavy (non-hydrogen) atoms. The number of nitrogens with zero attached hydrogens (tertiary/aromatic N) is 4. The van der Waals surface area contributed by atoms with E-state index in [0.29, 0.717) is 28.9 Å². The number of benzodiazepines with no additional fused rings is 1. The number of para-hydroxylation sites is 1. The number of urea groups is 1. The molecule has 0 saturated carbocycles. The van der Waals surface area contributed by atoms with Gasteiger partial charge in [0.1, 0.15) is 12.2 Å². The Hall–Kier alpha value is -4.88. The lowest BCUT2D eigenvalue weighted by atomic mass is 10.0. The number of rotatable bonds is 5. The van der Waals surface area contributed by atoms with E-state index in [4.69, 9.17) is 5.11 Å². The minimum Gasteiger partial charge on any atom is -0.477 e. The largest absolute Gasteiger partial charge is 0.477 e. The number of nitrogens with one attached hydrogen (secondary N) is 2. The van der Waals surface area contributed by atoms with Crippen molar-refractivity contribution in [1.29, 1.82) is 0 Å². The molecule has 3 heterocycles. The molecule has 2 aliphatic heterocycles. The predicted octanol–water partition coefficient (Wildman–Crippen LogP) is 2.99. The molecule has 1 saturated heterocycles. The number of aromatic carboxylic acids is 1. The summed E-state index contributed by atoms with van der Waals surface area (Å²) in [6.45, 7) is -1.26. The van der Waals surface area contributed by atoms with Crippen molar-refractivity contribution in [3.8, 4) is 0 Å². The number of anilines is 1. The molecule has 2 aliphatic rings. The Labute approximate surface area is 230 Å². The molecule has 1 fully saturated rings. The van der Waals surface area contributed by atoms with Gasteiger partial charge in [-0.1, -0.05) is 48.5 Å². The summed E-state index contributed by atoms with van der Waals surface area (Å²) in [7, 11) is 0. The number of aliphatic imine (C=N–C) groups is 1. The number of halogens is 3. The number of benzene rings is 2. The van der Waals surface area contributed by atoms with Crippen molar-refractivity contribution in [2.24, 2.45) is 4.99 Å². The standard InChI is InChI=1S/C27H25F3N6O5/c28-27(29,30)15-36-20-9-5-4-8-18(20)21(16-6-2-1-3-7-16)32-22(23(36)37)33-25(40)34-12-10-17(11-13-34)35-14-19(24(38)39)31-26(35)41/h1-9,14,17,22H,10-13,15H2,(H,31,41)(H,33,40)(H,38,39)/t22-/m0/s1. The zero-order chi connectivity index (χ0) is 29.3. The molecule has 0 bridgehead atoms. The van der Waals surface area contributed by atoms with Gasteiger partial charge in [-0.25, -0.2) is 19.4 Å². The Bertz CT molecular complexity index is 1560. The number of piperidine rings is 1. The van der Waals surface area contributed by atoms with Gasteiger partial charge in [0.15, 0.2) is 0 Å². The summed E-state index contributed by atoms with van der Waals surface area (Å²) in [6, 6.07) is 13.7. The van der Waals surface area contributed by atoms with Crippen molar-refractivity contribution < 1.29 is 32.7 Å². The van der Waals surface area contributed by atoms with Crippen LogP contribution in [0.5, 0.6) is 0 Å². The van der Waals surface area contributed by atoms with Crippen LogP contribution in [0.25, 0.3) is 0 Å². The molecule has 5 rings (SSSR count). The highest BCUT2D eigenvalue weighted by Crippen LogP contribution is 2.31. The lowest BCUT2D eigenvalue weighted by Crippen LogP contribution is -2.54. The summed E-state index contributed by atoms with van der Waals surface area (Å²) in [5, 5.41) is 11.6. The number of amides is 3. The number of carboxylic acid groups (broad SMARTS) is 1. The highest BCUT2D eigenvalue weighted by atomic mass is 19.4. The van der Waals surface area contributed by atoms with Crippen LogP contribution in [-0.4, -0.2) is 75.2 Å². The molecule has 2 aromatic carbocycles. The predicted molar refractivity (Wildman–Crippen MR) is 141 cm³/mol. The van der Waals surface area contributed by atoms with Gasteiger partial charge in [-0.3, -0.25) is 14.3 Å². The van der Waals surface area contributed by atoms with Gasteiger partial charge in [0.05, 0.1) is 11.4 Å². The first kappa shape index (κ1) is 27.7. The fourth-order valence-electron chi connectivity index (χ4n) is 5.04. The number of imidazole rings is 1. The molecule has 3 amide bonds. The van der Waals surface area contributed by atoms with Crippen LogP contribution in [0, 0.1) is 0 Å². The fraction of sp³-hybridized carbons (Fsp3) is 0.296. The van der Waals surface area contributed by atoms with Crippen LogP contribution in [0.3, 0.4) is 0 Å². The quantitative estimate of drug-likeness (QED) is 0.433. The Kier molecular flexibility index (Phi) is 7.39. The smallest absolute Gasteiger partial charge is 0.406 e. The normalized spacial score (nSPS) is 18.0. The molecular weight excluding hydrogens is 545 g/mol. The lowest BCUT2D eigenvalue weighted by Gasteiger charge is -2.33. The third-order valence-corrected chi connectivity index (χ3v) is 6.97. The van der Waals surface area contributed by atoms with Gasteiger partial charge < -0.3 is 20.3 Å². The Balaban J connectivity index is 1.40. The molecular formula is C27H25F3N6O5. The lowest BCUT2D eigenvalue weighted by molar-refractivity contribution is -0.133. The number of carbonyl (C=O) groups is 3. The Morgan fingerprint density at radius 3 is 2.32 bits per heavy atom. The summed E-state index contributed by atoms with van der Waals surface area (Å²) >= 11 is 0. The number of alkyl halides is 3. The summed E-state index contributed by atoms with van der Waals surface area (Å²) in [6.07, 6.45) is -4.52. The molecule has 0 spiro atoms. The minimum atomic E-state index is -4.72.